The predicted octanol–water partition coefficient (Wildman–Crippen LogP) is 1.91. The zero-order valence-corrected chi connectivity index (χ0v) is 11.4. The number of unbranched alkanes of at least 4 members (excludes halogenated alkanes) is 2. The lowest BCUT2D eigenvalue weighted by molar-refractivity contribution is -0.144. The maximum atomic E-state index is 11.3. The van der Waals surface area contributed by atoms with Crippen molar-refractivity contribution in [3.05, 3.63) is 0 Å². The summed E-state index contributed by atoms with van der Waals surface area (Å²) in [5, 5.41) is 11.0. The van der Waals surface area contributed by atoms with Gasteiger partial charge in [-0.3, -0.25) is 4.84 Å². The molecule has 0 aliphatic carbocycles. The van der Waals surface area contributed by atoms with Crippen LogP contribution in [-0.2, 0) is 9.63 Å². The van der Waals surface area contributed by atoms with Crippen molar-refractivity contribution in [1.82, 2.24) is 10.8 Å². The first-order chi connectivity index (χ1) is 8.37. The summed E-state index contributed by atoms with van der Waals surface area (Å²) in [6, 6.07) is -0.514. The van der Waals surface area contributed by atoms with Gasteiger partial charge in [0.05, 0.1) is 0 Å². The first-order valence-electron chi connectivity index (χ1n) is 6.25. The van der Waals surface area contributed by atoms with Gasteiger partial charge in [-0.1, -0.05) is 40.0 Å². The molecule has 0 atom stereocenters. The zero-order chi connectivity index (χ0) is 14.0. The molecule has 0 radical (unpaired) electrons. The second-order valence-electron chi connectivity index (χ2n) is 5.09. The highest BCUT2D eigenvalue weighted by Gasteiger charge is 2.18. The van der Waals surface area contributed by atoms with E-state index >= 15 is 0 Å². The molecule has 0 saturated carbocycles. The number of hydroxylamine groups is 1. The number of amides is 2. The van der Waals surface area contributed by atoms with Crippen LogP contribution in [0.25, 0.3) is 0 Å². The number of rotatable bonds is 9. The van der Waals surface area contributed by atoms with Gasteiger partial charge in [0.1, 0.15) is 0 Å². The molecule has 0 bridgehead atoms. The largest absolute Gasteiger partial charge is 0.479 e. The number of aliphatic carboxylic acids is 1. The quantitative estimate of drug-likeness (QED) is 0.436. The van der Waals surface area contributed by atoms with E-state index in [1.807, 2.05) is 5.48 Å². The summed E-state index contributed by atoms with van der Waals surface area (Å²) in [6.07, 6.45) is 4.55. The number of carbonyl (C=O) groups excluding carboxylic acids is 1. The molecule has 2 amide bonds. The van der Waals surface area contributed by atoms with Crippen molar-refractivity contribution < 1.29 is 19.5 Å². The lowest BCUT2D eigenvalue weighted by Gasteiger charge is -2.24. The summed E-state index contributed by atoms with van der Waals surface area (Å²) in [5.41, 5.74) is 2.05. The molecule has 6 nitrogen and oxygen atoms in total. The Kier molecular flexibility index (Phi) is 8.11. The van der Waals surface area contributed by atoms with Gasteiger partial charge in [-0.2, -0.15) is 0 Å². The van der Waals surface area contributed by atoms with E-state index in [9.17, 15) is 9.59 Å². The SMILES string of the molecule is CCCCCC(C)(C)CNC(=O)NOCC(=O)O. The minimum atomic E-state index is -1.13. The highest BCUT2D eigenvalue weighted by molar-refractivity contribution is 5.73. The number of hydrogen-bond donors (Lipinski definition) is 3. The smallest absolute Gasteiger partial charge is 0.338 e. The Morgan fingerprint density at radius 3 is 2.50 bits per heavy atom. The number of carboxylic acid groups (broad SMARTS) is 1. The van der Waals surface area contributed by atoms with Crippen LogP contribution in [0.5, 0.6) is 0 Å². The van der Waals surface area contributed by atoms with Crippen molar-refractivity contribution in [3.63, 3.8) is 0 Å². The van der Waals surface area contributed by atoms with Crippen LogP contribution in [0.1, 0.15) is 46.5 Å². The summed E-state index contributed by atoms with van der Waals surface area (Å²) in [5.74, 6) is -1.13. The molecule has 0 aliphatic rings. The summed E-state index contributed by atoms with van der Waals surface area (Å²) in [7, 11) is 0. The fourth-order valence-corrected chi connectivity index (χ4v) is 1.46. The van der Waals surface area contributed by atoms with E-state index < -0.39 is 18.6 Å². The fraction of sp³-hybridized carbons (Fsp3) is 0.833. The molecule has 0 unspecified atom stereocenters. The van der Waals surface area contributed by atoms with Crippen LogP contribution in [0.4, 0.5) is 4.79 Å². The van der Waals surface area contributed by atoms with E-state index in [0.717, 1.165) is 12.8 Å². The Morgan fingerprint density at radius 2 is 1.94 bits per heavy atom. The van der Waals surface area contributed by atoms with Crippen molar-refractivity contribution >= 4 is 12.0 Å². The number of carboxylic acids is 1. The molecule has 0 aromatic heterocycles. The van der Waals surface area contributed by atoms with Gasteiger partial charge in [-0.15, -0.1) is 0 Å². The van der Waals surface area contributed by atoms with Gasteiger partial charge in [-0.25, -0.2) is 15.1 Å². The van der Waals surface area contributed by atoms with Crippen LogP contribution in [0.3, 0.4) is 0 Å². The Morgan fingerprint density at radius 1 is 1.28 bits per heavy atom. The maximum Gasteiger partial charge on any atom is 0.338 e. The van der Waals surface area contributed by atoms with Gasteiger partial charge >= 0.3 is 12.0 Å². The normalized spacial score (nSPS) is 11.1. The third-order valence-corrected chi connectivity index (χ3v) is 2.55. The standard InChI is InChI=1S/C12H24N2O4/c1-4-5-6-7-12(2,3)9-13-11(17)14-18-8-10(15)16/h4-9H2,1-3H3,(H,15,16)(H2,13,14,17). The van der Waals surface area contributed by atoms with Gasteiger partial charge in [0.15, 0.2) is 6.61 Å². The molecule has 6 heteroatoms. The van der Waals surface area contributed by atoms with E-state index in [1.54, 1.807) is 0 Å². The number of carbonyl (C=O) groups is 2. The molecule has 0 heterocycles. The minimum Gasteiger partial charge on any atom is -0.479 e. The molecule has 0 fully saturated rings. The van der Waals surface area contributed by atoms with Crippen molar-refractivity contribution in [2.45, 2.75) is 46.5 Å². The van der Waals surface area contributed by atoms with Crippen LogP contribution in [0.15, 0.2) is 0 Å². The van der Waals surface area contributed by atoms with Crippen molar-refractivity contribution in [2.24, 2.45) is 5.41 Å². The molecule has 3 N–H and O–H groups in total. The van der Waals surface area contributed by atoms with Gasteiger partial charge in [0, 0.05) is 6.54 Å². The Labute approximate surface area is 108 Å². The fourth-order valence-electron chi connectivity index (χ4n) is 1.46. The summed E-state index contributed by atoms with van der Waals surface area (Å²) in [4.78, 5) is 25.9. The molecule has 0 rings (SSSR count). The molecule has 106 valence electrons. The monoisotopic (exact) mass is 260 g/mol. The van der Waals surface area contributed by atoms with E-state index in [1.165, 1.54) is 12.8 Å². The first-order valence-corrected chi connectivity index (χ1v) is 6.25. The Bertz CT molecular complexity index is 267. The van der Waals surface area contributed by atoms with E-state index in [4.69, 9.17) is 5.11 Å². The van der Waals surface area contributed by atoms with E-state index in [2.05, 4.69) is 30.9 Å². The van der Waals surface area contributed by atoms with Crippen LogP contribution in [-0.4, -0.2) is 30.3 Å². The highest BCUT2D eigenvalue weighted by Crippen LogP contribution is 2.22. The summed E-state index contributed by atoms with van der Waals surface area (Å²) >= 11 is 0. The molecular formula is C12H24N2O4. The van der Waals surface area contributed by atoms with E-state index in [-0.39, 0.29) is 5.41 Å². The third kappa shape index (κ3) is 9.89. The summed E-state index contributed by atoms with van der Waals surface area (Å²) < 4.78 is 0. The van der Waals surface area contributed by atoms with Crippen LogP contribution in [0.2, 0.25) is 0 Å². The van der Waals surface area contributed by atoms with Crippen LogP contribution >= 0.6 is 0 Å². The minimum absolute atomic E-state index is 0.0271. The van der Waals surface area contributed by atoms with Crippen LogP contribution < -0.4 is 10.8 Å². The number of hydrogen-bond acceptors (Lipinski definition) is 3. The molecular weight excluding hydrogens is 236 g/mol. The molecule has 0 aromatic carbocycles. The molecule has 18 heavy (non-hydrogen) atoms. The third-order valence-electron chi connectivity index (χ3n) is 2.55. The van der Waals surface area contributed by atoms with Gasteiger partial charge in [0.2, 0.25) is 0 Å². The average Bonchev–Trinajstić information content (AvgIpc) is 2.26. The second kappa shape index (κ2) is 8.74. The van der Waals surface area contributed by atoms with Gasteiger partial charge in [-0.05, 0) is 11.8 Å². The van der Waals surface area contributed by atoms with Gasteiger partial charge < -0.3 is 10.4 Å². The summed E-state index contributed by atoms with van der Waals surface area (Å²) in [6.45, 7) is 6.30. The van der Waals surface area contributed by atoms with Crippen molar-refractivity contribution in [2.75, 3.05) is 13.2 Å². The van der Waals surface area contributed by atoms with Gasteiger partial charge in [0.25, 0.3) is 0 Å². The van der Waals surface area contributed by atoms with Crippen molar-refractivity contribution in [3.8, 4) is 0 Å². The molecule has 0 aromatic rings. The number of urea groups is 1. The van der Waals surface area contributed by atoms with Crippen LogP contribution in [0, 0.1) is 5.41 Å². The van der Waals surface area contributed by atoms with E-state index in [0.29, 0.717) is 6.54 Å². The highest BCUT2D eigenvalue weighted by atomic mass is 16.7. The molecule has 0 spiro atoms. The van der Waals surface area contributed by atoms with Crippen molar-refractivity contribution in [1.29, 1.82) is 0 Å². The number of nitrogens with one attached hydrogen (secondary N) is 2. The average molecular weight is 260 g/mol. The molecule has 0 aliphatic heterocycles. The molecule has 0 saturated heterocycles. The topological polar surface area (TPSA) is 87.7 Å². The predicted molar refractivity (Wildman–Crippen MR) is 68.0 cm³/mol. The Balaban J connectivity index is 3.71. The maximum absolute atomic E-state index is 11.3. The zero-order valence-electron chi connectivity index (χ0n) is 11.4. The lowest BCUT2D eigenvalue weighted by atomic mass is 9.87. The second-order valence-corrected chi connectivity index (χ2v) is 5.09. The Hall–Kier alpha value is -1.30. The first kappa shape index (κ1) is 16.7. The lowest BCUT2D eigenvalue weighted by Crippen LogP contribution is -2.41.